The molecule has 1 aliphatic heterocycles. The van der Waals surface area contributed by atoms with E-state index in [0.717, 1.165) is 18.5 Å². The van der Waals surface area contributed by atoms with Crippen molar-refractivity contribution in [2.45, 2.75) is 12.8 Å². The van der Waals surface area contributed by atoms with Gasteiger partial charge < -0.3 is 10.2 Å². The predicted octanol–water partition coefficient (Wildman–Crippen LogP) is 3.32. The van der Waals surface area contributed by atoms with E-state index in [1.165, 1.54) is 12.1 Å². The molecule has 0 spiro atoms. The number of hydrogen-bond acceptors (Lipinski definition) is 2. The normalized spacial score (nSPS) is 17.4. The SMILES string of the molecule is O=C(Nc1ccccc1)[C@@H]1CCCN(C(=O)c2ccccc2F)C1. The molecule has 1 heterocycles. The lowest BCUT2D eigenvalue weighted by Crippen LogP contribution is -2.44. The molecule has 1 saturated heterocycles. The van der Waals surface area contributed by atoms with Crippen LogP contribution >= 0.6 is 0 Å². The Labute approximate surface area is 140 Å². The van der Waals surface area contributed by atoms with Crippen molar-refractivity contribution in [3.63, 3.8) is 0 Å². The molecular formula is C19H19FN2O2. The van der Waals surface area contributed by atoms with Crippen molar-refractivity contribution in [3.05, 3.63) is 66.0 Å². The van der Waals surface area contributed by atoms with Gasteiger partial charge in [-0.25, -0.2) is 4.39 Å². The highest BCUT2D eigenvalue weighted by Gasteiger charge is 2.29. The molecule has 1 atom stereocenters. The summed E-state index contributed by atoms with van der Waals surface area (Å²) in [5, 5.41) is 2.87. The van der Waals surface area contributed by atoms with Crippen LogP contribution in [-0.2, 0) is 4.79 Å². The number of benzene rings is 2. The Kier molecular flexibility index (Phi) is 4.89. The van der Waals surface area contributed by atoms with Crippen molar-refractivity contribution in [1.82, 2.24) is 4.90 Å². The van der Waals surface area contributed by atoms with Crippen LogP contribution in [0.4, 0.5) is 10.1 Å². The van der Waals surface area contributed by atoms with Crippen molar-refractivity contribution in [2.24, 2.45) is 5.92 Å². The number of amides is 2. The summed E-state index contributed by atoms with van der Waals surface area (Å²) in [7, 11) is 0. The molecule has 0 aromatic heterocycles. The van der Waals surface area contributed by atoms with E-state index in [0.29, 0.717) is 13.1 Å². The van der Waals surface area contributed by atoms with E-state index in [9.17, 15) is 14.0 Å². The lowest BCUT2D eigenvalue weighted by molar-refractivity contribution is -0.121. The minimum Gasteiger partial charge on any atom is -0.338 e. The Morgan fingerprint density at radius 3 is 2.50 bits per heavy atom. The molecule has 2 amide bonds. The maximum atomic E-state index is 13.8. The number of rotatable bonds is 3. The van der Waals surface area contributed by atoms with Gasteiger partial charge in [0.2, 0.25) is 5.91 Å². The fraction of sp³-hybridized carbons (Fsp3) is 0.263. The Morgan fingerprint density at radius 1 is 1.04 bits per heavy atom. The minimum atomic E-state index is -0.529. The maximum absolute atomic E-state index is 13.8. The Morgan fingerprint density at radius 2 is 1.75 bits per heavy atom. The molecule has 5 heteroatoms. The smallest absolute Gasteiger partial charge is 0.256 e. The van der Waals surface area contributed by atoms with Gasteiger partial charge in [0.1, 0.15) is 5.82 Å². The first kappa shape index (κ1) is 16.2. The molecule has 0 bridgehead atoms. The Bertz CT molecular complexity index is 733. The molecule has 1 fully saturated rings. The van der Waals surface area contributed by atoms with Gasteiger partial charge in [-0.3, -0.25) is 9.59 Å². The highest BCUT2D eigenvalue weighted by atomic mass is 19.1. The van der Waals surface area contributed by atoms with E-state index in [1.54, 1.807) is 17.0 Å². The van der Waals surface area contributed by atoms with Gasteiger partial charge in [-0.2, -0.15) is 0 Å². The third-order valence-electron chi connectivity index (χ3n) is 4.22. The van der Waals surface area contributed by atoms with Crippen molar-refractivity contribution in [3.8, 4) is 0 Å². The molecule has 1 N–H and O–H groups in total. The number of nitrogens with zero attached hydrogens (tertiary/aromatic N) is 1. The van der Waals surface area contributed by atoms with Crippen LogP contribution in [0.15, 0.2) is 54.6 Å². The van der Waals surface area contributed by atoms with Gasteiger partial charge in [-0.15, -0.1) is 0 Å². The summed E-state index contributed by atoms with van der Waals surface area (Å²) in [5.74, 6) is -1.27. The fourth-order valence-corrected chi connectivity index (χ4v) is 2.95. The third kappa shape index (κ3) is 3.62. The number of nitrogens with one attached hydrogen (secondary N) is 1. The van der Waals surface area contributed by atoms with Crippen molar-refractivity contribution in [1.29, 1.82) is 0 Å². The molecule has 2 aromatic rings. The zero-order valence-electron chi connectivity index (χ0n) is 13.2. The van der Waals surface area contributed by atoms with E-state index in [1.807, 2.05) is 30.3 Å². The molecule has 1 aliphatic rings. The van der Waals surface area contributed by atoms with Crippen LogP contribution < -0.4 is 5.32 Å². The van der Waals surface area contributed by atoms with Crippen molar-refractivity contribution < 1.29 is 14.0 Å². The zero-order valence-corrected chi connectivity index (χ0v) is 13.2. The number of hydrogen-bond donors (Lipinski definition) is 1. The van der Waals surface area contributed by atoms with Crippen LogP contribution in [0.25, 0.3) is 0 Å². The van der Waals surface area contributed by atoms with Crippen LogP contribution in [0.1, 0.15) is 23.2 Å². The number of carbonyl (C=O) groups excluding carboxylic acids is 2. The van der Waals surface area contributed by atoms with E-state index in [4.69, 9.17) is 0 Å². The van der Waals surface area contributed by atoms with Gasteiger partial charge in [-0.1, -0.05) is 30.3 Å². The first-order chi connectivity index (χ1) is 11.6. The third-order valence-corrected chi connectivity index (χ3v) is 4.22. The van der Waals surface area contributed by atoms with E-state index < -0.39 is 5.82 Å². The van der Waals surface area contributed by atoms with Gasteiger partial charge in [-0.05, 0) is 37.1 Å². The van der Waals surface area contributed by atoms with Crippen LogP contribution in [-0.4, -0.2) is 29.8 Å². The van der Waals surface area contributed by atoms with E-state index in [2.05, 4.69) is 5.32 Å². The van der Waals surface area contributed by atoms with Gasteiger partial charge in [0.25, 0.3) is 5.91 Å². The molecule has 0 saturated carbocycles. The predicted molar refractivity (Wildman–Crippen MR) is 90.1 cm³/mol. The first-order valence-electron chi connectivity index (χ1n) is 8.05. The quantitative estimate of drug-likeness (QED) is 0.941. The van der Waals surface area contributed by atoms with Crippen molar-refractivity contribution >= 4 is 17.5 Å². The molecule has 0 unspecified atom stereocenters. The summed E-state index contributed by atoms with van der Waals surface area (Å²) in [4.78, 5) is 26.5. The van der Waals surface area contributed by atoms with Crippen LogP contribution in [0, 0.1) is 11.7 Å². The largest absolute Gasteiger partial charge is 0.338 e. The van der Waals surface area contributed by atoms with Gasteiger partial charge >= 0.3 is 0 Å². The standard InChI is InChI=1S/C19H19FN2O2/c20-17-11-5-4-10-16(17)19(24)22-12-6-7-14(13-22)18(23)21-15-8-2-1-3-9-15/h1-5,8-11,14H,6-7,12-13H2,(H,21,23)/t14-/m1/s1. The molecule has 3 rings (SSSR count). The zero-order chi connectivity index (χ0) is 16.9. The summed E-state index contributed by atoms with van der Waals surface area (Å²) in [6, 6.07) is 15.2. The van der Waals surface area contributed by atoms with Gasteiger partial charge in [0.05, 0.1) is 11.5 Å². The van der Waals surface area contributed by atoms with Crippen LogP contribution in [0.3, 0.4) is 0 Å². The molecule has 2 aromatic carbocycles. The highest BCUT2D eigenvalue weighted by molar-refractivity contribution is 5.96. The monoisotopic (exact) mass is 326 g/mol. The second-order valence-electron chi connectivity index (χ2n) is 5.93. The van der Waals surface area contributed by atoms with Gasteiger partial charge in [0.15, 0.2) is 0 Å². The van der Waals surface area contributed by atoms with Gasteiger partial charge in [0, 0.05) is 18.8 Å². The summed E-state index contributed by atoms with van der Waals surface area (Å²) >= 11 is 0. The Balaban J connectivity index is 1.67. The summed E-state index contributed by atoms with van der Waals surface area (Å²) in [5.41, 5.74) is 0.793. The number of para-hydroxylation sites is 1. The average molecular weight is 326 g/mol. The molecular weight excluding hydrogens is 307 g/mol. The van der Waals surface area contributed by atoms with E-state index >= 15 is 0 Å². The maximum Gasteiger partial charge on any atom is 0.256 e. The number of anilines is 1. The van der Waals surface area contributed by atoms with Crippen molar-refractivity contribution in [2.75, 3.05) is 18.4 Å². The minimum absolute atomic E-state index is 0.0571. The number of piperidine rings is 1. The molecule has 0 aliphatic carbocycles. The Hall–Kier alpha value is -2.69. The second kappa shape index (κ2) is 7.25. The summed E-state index contributed by atoms with van der Waals surface area (Å²) in [6.07, 6.45) is 1.45. The molecule has 4 nitrogen and oxygen atoms in total. The summed E-state index contributed by atoms with van der Waals surface area (Å²) < 4.78 is 13.8. The fourth-order valence-electron chi connectivity index (χ4n) is 2.95. The molecule has 24 heavy (non-hydrogen) atoms. The lowest BCUT2D eigenvalue weighted by atomic mass is 9.96. The molecule has 0 radical (unpaired) electrons. The number of halogens is 1. The first-order valence-corrected chi connectivity index (χ1v) is 8.05. The number of likely N-dealkylation sites (tertiary alicyclic amines) is 1. The average Bonchev–Trinajstić information content (AvgIpc) is 2.62. The highest BCUT2D eigenvalue weighted by Crippen LogP contribution is 2.21. The summed E-state index contributed by atoms with van der Waals surface area (Å²) in [6.45, 7) is 0.855. The van der Waals surface area contributed by atoms with Crippen LogP contribution in [0.5, 0.6) is 0 Å². The molecule has 124 valence electrons. The lowest BCUT2D eigenvalue weighted by Gasteiger charge is -2.32. The number of carbonyl (C=O) groups is 2. The van der Waals surface area contributed by atoms with Crippen LogP contribution in [0.2, 0.25) is 0 Å². The second-order valence-corrected chi connectivity index (χ2v) is 5.93. The topological polar surface area (TPSA) is 49.4 Å². The van der Waals surface area contributed by atoms with E-state index in [-0.39, 0.29) is 23.3 Å².